The number of ether oxygens (including phenoxy) is 9. The summed E-state index contributed by atoms with van der Waals surface area (Å²) in [4.78, 5) is 23.6. The van der Waals surface area contributed by atoms with Gasteiger partial charge in [-0.15, -0.1) is 0 Å². The van der Waals surface area contributed by atoms with Crippen molar-refractivity contribution in [1.82, 2.24) is 0 Å². The molecule has 0 aliphatic rings. The maximum absolute atomic E-state index is 11.9. The lowest BCUT2D eigenvalue weighted by molar-refractivity contribution is -0.139. The van der Waals surface area contributed by atoms with Crippen molar-refractivity contribution < 1.29 is 56.6 Å². The summed E-state index contributed by atoms with van der Waals surface area (Å²) in [7, 11) is -1.71. The number of carbonyl (C=O) groups is 2. The number of esters is 1. The minimum absolute atomic E-state index is 0.000948. The number of hydrogen-bond donors (Lipinski definition) is 0. The van der Waals surface area contributed by atoms with Crippen LogP contribution >= 0.6 is 0 Å². The van der Waals surface area contributed by atoms with Gasteiger partial charge in [-0.05, 0) is 18.1 Å². The quantitative estimate of drug-likeness (QED) is 0.0394. The minimum Gasteiger partial charge on any atom is -0.457 e. The molecule has 0 saturated carbocycles. The Balaban J connectivity index is 1.71. The van der Waals surface area contributed by atoms with Crippen LogP contribution in [-0.4, -0.2) is 139 Å². The van der Waals surface area contributed by atoms with Crippen LogP contribution in [0.5, 0.6) is 0 Å². The van der Waals surface area contributed by atoms with Crippen LogP contribution in [0.2, 0.25) is 18.1 Å². The Bertz CT molecular complexity index is 863. The van der Waals surface area contributed by atoms with Crippen LogP contribution in [0.15, 0.2) is 30.3 Å². The van der Waals surface area contributed by atoms with Crippen molar-refractivity contribution in [3.63, 3.8) is 0 Å². The van der Waals surface area contributed by atoms with Crippen molar-refractivity contribution >= 4 is 20.1 Å². The highest BCUT2D eigenvalue weighted by Gasteiger charge is 2.36. The smallest absolute Gasteiger partial charge is 0.379 e. The molecule has 0 aliphatic carbocycles. The molecule has 0 heterocycles. The monoisotopic (exact) mass is 660 g/mol. The average Bonchev–Trinajstić information content (AvgIpc) is 3.01. The zero-order chi connectivity index (χ0) is 33.1. The normalized spacial score (nSPS) is 12.0. The highest BCUT2D eigenvalue weighted by Crippen LogP contribution is 2.36. The molecule has 13 heteroatoms. The third-order valence-electron chi connectivity index (χ3n) is 6.78. The molecule has 0 atom stereocenters. The second-order valence-corrected chi connectivity index (χ2v) is 16.1. The first kappa shape index (κ1) is 41.2. The predicted octanol–water partition coefficient (Wildman–Crippen LogP) is 3.57. The Kier molecular flexibility index (Phi) is 24.1. The lowest BCUT2D eigenvalue weighted by atomic mass is 10.1. The number of ketones is 1. The Morgan fingerprint density at radius 1 is 0.511 bits per heavy atom. The van der Waals surface area contributed by atoms with E-state index in [-0.39, 0.29) is 18.3 Å². The largest absolute Gasteiger partial charge is 0.457 e. The molecule has 0 unspecified atom stereocenters. The Hall–Kier alpha value is -1.78. The molecule has 12 nitrogen and oxygen atoms in total. The standard InChI is InChI=1S/C32H56O12Si/c1-32(2,3)45(4,5)44-28-26-42-24-22-40-20-18-38-16-14-36-12-11-35-13-15-37-17-19-39-21-23-41-25-27-43-31(34)30(33)29-9-7-6-8-10-29/h6-10H,11-28H2,1-5H3. The number of Topliss-reactive ketones (excluding diaryl/α,β-unsaturated/α-hetero) is 1. The molecular formula is C32H56O12Si. The third-order valence-corrected chi connectivity index (χ3v) is 11.3. The van der Waals surface area contributed by atoms with Gasteiger partial charge in [0.1, 0.15) is 6.61 Å². The van der Waals surface area contributed by atoms with Gasteiger partial charge >= 0.3 is 5.97 Å². The van der Waals surface area contributed by atoms with Gasteiger partial charge in [-0.2, -0.15) is 0 Å². The molecule has 1 aromatic rings. The molecule has 0 aliphatic heterocycles. The Labute approximate surface area is 270 Å². The van der Waals surface area contributed by atoms with E-state index < -0.39 is 20.1 Å². The summed E-state index contributed by atoms with van der Waals surface area (Å²) < 4.78 is 54.7. The molecule has 0 fully saturated rings. The van der Waals surface area contributed by atoms with Crippen molar-refractivity contribution in [2.45, 2.75) is 38.9 Å². The first-order valence-corrected chi connectivity index (χ1v) is 18.6. The van der Waals surface area contributed by atoms with Crippen molar-refractivity contribution in [2.75, 3.05) is 119 Å². The summed E-state index contributed by atoms with van der Waals surface area (Å²) in [6.07, 6.45) is 0. The van der Waals surface area contributed by atoms with Gasteiger partial charge in [-0.1, -0.05) is 51.1 Å². The Morgan fingerprint density at radius 3 is 1.16 bits per heavy atom. The van der Waals surface area contributed by atoms with Gasteiger partial charge in [-0.25, -0.2) is 4.79 Å². The fraction of sp³-hybridized carbons (Fsp3) is 0.750. The maximum atomic E-state index is 11.9. The summed E-state index contributed by atoms with van der Waals surface area (Å²) in [5, 5.41) is 0.210. The van der Waals surface area contributed by atoms with E-state index in [9.17, 15) is 9.59 Å². The van der Waals surface area contributed by atoms with Gasteiger partial charge in [0.25, 0.3) is 5.78 Å². The van der Waals surface area contributed by atoms with Crippen LogP contribution in [0.25, 0.3) is 0 Å². The molecule has 45 heavy (non-hydrogen) atoms. The van der Waals surface area contributed by atoms with Crippen LogP contribution in [0.4, 0.5) is 0 Å². The van der Waals surface area contributed by atoms with Gasteiger partial charge in [0.05, 0.1) is 112 Å². The van der Waals surface area contributed by atoms with Gasteiger partial charge in [0.2, 0.25) is 0 Å². The molecule has 0 saturated heterocycles. The summed E-state index contributed by atoms with van der Waals surface area (Å²) in [6.45, 7) is 19.2. The van der Waals surface area contributed by atoms with Gasteiger partial charge in [-0.3, -0.25) is 4.79 Å². The molecular weight excluding hydrogens is 604 g/mol. The average molecular weight is 661 g/mol. The topological polar surface area (TPSA) is 126 Å². The molecule has 0 spiro atoms. The summed E-state index contributed by atoms with van der Waals surface area (Å²) in [5.41, 5.74) is 0.298. The first-order valence-electron chi connectivity index (χ1n) is 15.7. The van der Waals surface area contributed by atoms with Crippen LogP contribution in [0, 0.1) is 0 Å². The first-order chi connectivity index (χ1) is 21.6. The van der Waals surface area contributed by atoms with Gasteiger partial charge in [0.15, 0.2) is 8.32 Å². The minimum atomic E-state index is -1.71. The molecule has 0 radical (unpaired) electrons. The maximum Gasteiger partial charge on any atom is 0.379 e. The molecule has 0 N–H and O–H groups in total. The van der Waals surface area contributed by atoms with Crippen LogP contribution < -0.4 is 0 Å². The van der Waals surface area contributed by atoms with E-state index in [1.807, 2.05) is 0 Å². The summed E-state index contributed by atoms with van der Waals surface area (Å²) >= 11 is 0. The van der Waals surface area contributed by atoms with E-state index in [2.05, 4.69) is 33.9 Å². The van der Waals surface area contributed by atoms with Crippen molar-refractivity contribution in [3.05, 3.63) is 35.9 Å². The SMILES string of the molecule is CC(C)(C)[Si](C)(C)OCCOCCOCCOCCOCCOCCOCCOCCOCCOC(=O)C(=O)c1ccccc1. The van der Waals surface area contributed by atoms with E-state index in [0.29, 0.717) is 111 Å². The van der Waals surface area contributed by atoms with E-state index in [1.165, 1.54) is 0 Å². The van der Waals surface area contributed by atoms with E-state index in [0.717, 1.165) is 0 Å². The molecule has 1 rings (SSSR count). The fourth-order valence-electron chi connectivity index (χ4n) is 3.18. The molecule has 0 amide bonds. The third kappa shape index (κ3) is 22.4. The molecule has 1 aromatic carbocycles. The van der Waals surface area contributed by atoms with Gasteiger partial charge in [0, 0.05) is 5.56 Å². The number of carbonyl (C=O) groups excluding carboxylic acids is 2. The molecule has 0 aromatic heterocycles. The second-order valence-electron chi connectivity index (χ2n) is 11.3. The zero-order valence-electron chi connectivity index (χ0n) is 28.0. The van der Waals surface area contributed by atoms with Crippen molar-refractivity contribution in [2.24, 2.45) is 0 Å². The van der Waals surface area contributed by atoms with Crippen LogP contribution in [-0.2, 0) is 51.9 Å². The summed E-state index contributed by atoms with van der Waals surface area (Å²) in [5.74, 6) is -1.57. The lowest BCUT2D eigenvalue weighted by Gasteiger charge is -2.36. The number of hydrogen-bond acceptors (Lipinski definition) is 12. The zero-order valence-corrected chi connectivity index (χ0v) is 29.0. The van der Waals surface area contributed by atoms with Crippen LogP contribution in [0.3, 0.4) is 0 Å². The second kappa shape index (κ2) is 26.3. The number of benzene rings is 1. The van der Waals surface area contributed by atoms with Gasteiger partial charge < -0.3 is 47.1 Å². The Morgan fingerprint density at radius 2 is 0.822 bits per heavy atom. The number of rotatable bonds is 30. The highest BCUT2D eigenvalue weighted by atomic mass is 28.4. The summed E-state index contributed by atoms with van der Waals surface area (Å²) in [6, 6.07) is 8.27. The fourth-order valence-corrected chi connectivity index (χ4v) is 4.21. The molecule has 0 bridgehead atoms. The van der Waals surface area contributed by atoms with E-state index >= 15 is 0 Å². The lowest BCUT2D eigenvalue weighted by Crippen LogP contribution is -2.41. The van der Waals surface area contributed by atoms with Crippen molar-refractivity contribution in [3.8, 4) is 0 Å². The van der Waals surface area contributed by atoms with Crippen LogP contribution in [0.1, 0.15) is 31.1 Å². The van der Waals surface area contributed by atoms with E-state index in [1.54, 1.807) is 30.3 Å². The highest BCUT2D eigenvalue weighted by molar-refractivity contribution is 6.74. The molecule has 260 valence electrons. The predicted molar refractivity (Wildman–Crippen MR) is 171 cm³/mol. The van der Waals surface area contributed by atoms with E-state index in [4.69, 9.17) is 47.1 Å². The van der Waals surface area contributed by atoms with Crippen molar-refractivity contribution in [1.29, 1.82) is 0 Å².